The Morgan fingerprint density at radius 2 is 2.00 bits per heavy atom. The minimum atomic E-state index is -0.452. The summed E-state index contributed by atoms with van der Waals surface area (Å²) in [5.41, 5.74) is 0.765. The molecule has 1 amide bonds. The van der Waals surface area contributed by atoms with Gasteiger partial charge in [0, 0.05) is 26.2 Å². The van der Waals surface area contributed by atoms with Gasteiger partial charge >= 0.3 is 0 Å². The van der Waals surface area contributed by atoms with Gasteiger partial charge in [0.25, 0.3) is 0 Å². The highest BCUT2D eigenvalue weighted by atomic mass is 16.5. The van der Waals surface area contributed by atoms with Crippen molar-refractivity contribution in [1.82, 2.24) is 10.2 Å². The molecule has 5 nitrogen and oxygen atoms in total. The molecule has 0 unspecified atom stereocenters. The third kappa shape index (κ3) is 3.43. The number of morpholine rings is 1. The fourth-order valence-corrected chi connectivity index (χ4v) is 3.07. The van der Waals surface area contributed by atoms with Gasteiger partial charge < -0.3 is 20.1 Å². The van der Waals surface area contributed by atoms with Crippen molar-refractivity contribution in [3.05, 3.63) is 35.9 Å². The molecule has 0 bridgehead atoms. The number of amides is 1. The van der Waals surface area contributed by atoms with Crippen LogP contribution in [0.4, 0.5) is 0 Å². The van der Waals surface area contributed by atoms with E-state index in [2.05, 4.69) is 10.2 Å². The van der Waals surface area contributed by atoms with Crippen molar-refractivity contribution in [1.29, 1.82) is 0 Å². The molecule has 0 saturated carbocycles. The van der Waals surface area contributed by atoms with E-state index >= 15 is 0 Å². The Morgan fingerprint density at radius 1 is 1.29 bits per heavy atom. The van der Waals surface area contributed by atoms with Crippen molar-refractivity contribution in [3.63, 3.8) is 0 Å². The Hall–Kier alpha value is -1.43. The van der Waals surface area contributed by atoms with E-state index in [-0.39, 0.29) is 18.1 Å². The largest absolute Gasteiger partial charge is 0.387 e. The maximum Gasteiger partial charge on any atom is 0.246 e. The summed E-state index contributed by atoms with van der Waals surface area (Å²) in [7, 11) is 0. The zero-order valence-electron chi connectivity index (χ0n) is 12.1. The van der Waals surface area contributed by atoms with Gasteiger partial charge in [0.15, 0.2) is 0 Å². The monoisotopic (exact) mass is 290 g/mol. The Morgan fingerprint density at radius 3 is 2.62 bits per heavy atom. The number of hydrogen-bond donors (Lipinski definition) is 2. The van der Waals surface area contributed by atoms with Crippen LogP contribution in [-0.4, -0.2) is 54.3 Å². The van der Waals surface area contributed by atoms with Gasteiger partial charge in [-0.15, -0.1) is 0 Å². The molecule has 2 heterocycles. The van der Waals surface area contributed by atoms with E-state index in [0.717, 1.165) is 31.5 Å². The molecule has 5 heteroatoms. The van der Waals surface area contributed by atoms with Gasteiger partial charge in [-0.05, 0) is 18.4 Å². The van der Waals surface area contributed by atoms with Crippen LogP contribution < -0.4 is 5.32 Å². The molecule has 0 aliphatic carbocycles. The standard InChI is InChI=1S/C16H22N2O3/c19-14(13-4-2-1-3-5-13)10-18-8-6-16(7-9-18)12-17-15(20)11-21-16/h1-5,14,19H,6-12H2,(H,17,20)/t14-/m0/s1. The predicted molar refractivity (Wildman–Crippen MR) is 78.8 cm³/mol. The number of benzene rings is 1. The molecule has 3 rings (SSSR count). The molecule has 21 heavy (non-hydrogen) atoms. The second kappa shape index (κ2) is 6.13. The van der Waals surface area contributed by atoms with Crippen LogP contribution in [0.2, 0.25) is 0 Å². The lowest BCUT2D eigenvalue weighted by Gasteiger charge is -2.44. The molecule has 2 fully saturated rings. The first-order valence-corrected chi connectivity index (χ1v) is 7.53. The molecule has 2 aliphatic heterocycles. The number of aliphatic hydroxyl groups is 1. The number of nitrogens with one attached hydrogen (secondary N) is 1. The second-order valence-electron chi connectivity index (χ2n) is 5.98. The van der Waals surface area contributed by atoms with Crippen LogP contribution in [0, 0.1) is 0 Å². The topological polar surface area (TPSA) is 61.8 Å². The highest BCUT2D eigenvalue weighted by Crippen LogP contribution is 2.28. The van der Waals surface area contributed by atoms with Crippen molar-refractivity contribution in [3.8, 4) is 0 Å². The first kappa shape index (κ1) is 14.5. The lowest BCUT2D eigenvalue weighted by atomic mass is 9.89. The van der Waals surface area contributed by atoms with E-state index < -0.39 is 6.10 Å². The third-order valence-corrected chi connectivity index (χ3v) is 4.50. The van der Waals surface area contributed by atoms with Crippen molar-refractivity contribution in [2.75, 3.05) is 32.8 Å². The molecule has 0 radical (unpaired) electrons. The lowest BCUT2D eigenvalue weighted by Crippen LogP contribution is -2.57. The second-order valence-corrected chi connectivity index (χ2v) is 5.98. The minimum Gasteiger partial charge on any atom is -0.387 e. The van der Waals surface area contributed by atoms with Gasteiger partial charge in [-0.2, -0.15) is 0 Å². The van der Waals surface area contributed by atoms with E-state index in [1.807, 2.05) is 30.3 Å². The average Bonchev–Trinajstić information content (AvgIpc) is 2.54. The molecular formula is C16H22N2O3. The van der Waals surface area contributed by atoms with Gasteiger partial charge in [-0.1, -0.05) is 30.3 Å². The van der Waals surface area contributed by atoms with Crippen molar-refractivity contribution in [2.45, 2.75) is 24.5 Å². The summed E-state index contributed by atoms with van der Waals surface area (Å²) in [6.07, 6.45) is 1.34. The number of likely N-dealkylation sites (tertiary alicyclic amines) is 1. The number of ether oxygens (including phenoxy) is 1. The van der Waals surface area contributed by atoms with Gasteiger partial charge in [-0.25, -0.2) is 0 Å². The van der Waals surface area contributed by atoms with E-state index in [0.29, 0.717) is 13.1 Å². The van der Waals surface area contributed by atoms with E-state index in [1.54, 1.807) is 0 Å². The molecule has 1 atom stereocenters. The molecule has 114 valence electrons. The molecule has 1 spiro atoms. The molecule has 1 aromatic carbocycles. The number of aliphatic hydroxyl groups excluding tert-OH is 1. The number of piperidine rings is 1. The first-order valence-electron chi connectivity index (χ1n) is 7.53. The van der Waals surface area contributed by atoms with Crippen LogP contribution in [-0.2, 0) is 9.53 Å². The van der Waals surface area contributed by atoms with E-state index in [4.69, 9.17) is 4.74 Å². The molecule has 0 aromatic heterocycles. The van der Waals surface area contributed by atoms with Crippen molar-refractivity contribution in [2.24, 2.45) is 0 Å². The number of carbonyl (C=O) groups excluding carboxylic acids is 1. The zero-order chi connectivity index (χ0) is 14.7. The summed E-state index contributed by atoms with van der Waals surface area (Å²) in [6.45, 7) is 3.21. The Bertz CT molecular complexity index is 472. The van der Waals surface area contributed by atoms with Crippen LogP contribution in [0.5, 0.6) is 0 Å². The summed E-state index contributed by atoms with van der Waals surface area (Å²) >= 11 is 0. The van der Waals surface area contributed by atoms with Gasteiger partial charge in [-0.3, -0.25) is 4.79 Å². The first-order chi connectivity index (χ1) is 10.2. The number of β-amino-alcohol motifs (C(OH)–C–C–N with tert-alkyl or cyclic N) is 1. The number of rotatable bonds is 3. The normalized spacial score (nSPS) is 23.8. The summed E-state index contributed by atoms with van der Waals surface area (Å²) < 4.78 is 5.76. The highest BCUT2D eigenvalue weighted by Gasteiger charge is 2.39. The summed E-state index contributed by atoms with van der Waals surface area (Å²) in [4.78, 5) is 13.4. The molecule has 1 aromatic rings. The van der Waals surface area contributed by atoms with Crippen LogP contribution in [0.3, 0.4) is 0 Å². The molecule has 2 aliphatic rings. The van der Waals surface area contributed by atoms with Crippen LogP contribution in [0.25, 0.3) is 0 Å². The van der Waals surface area contributed by atoms with Crippen molar-refractivity contribution >= 4 is 5.91 Å². The average molecular weight is 290 g/mol. The van der Waals surface area contributed by atoms with Crippen LogP contribution in [0.15, 0.2) is 30.3 Å². The maximum atomic E-state index is 11.2. The van der Waals surface area contributed by atoms with Crippen molar-refractivity contribution < 1.29 is 14.6 Å². The summed E-state index contributed by atoms with van der Waals surface area (Å²) in [5.74, 6) is -0.0254. The van der Waals surface area contributed by atoms with Gasteiger partial charge in [0.1, 0.15) is 6.61 Å². The maximum absolute atomic E-state index is 11.2. The summed E-state index contributed by atoms with van der Waals surface area (Å²) in [6, 6.07) is 9.76. The predicted octanol–water partition coefficient (Wildman–Crippen LogP) is 0.701. The fourth-order valence-electron chi connectivity index (χ4n) is 3.07. The Kier molecular flexibility index (Phi) is 4.24. The van der Waals surface area contributed by atoms with Crippen LogP contribution >= 0.6 is 0 Å². The third-order valence-electron chi connectivity index (χ3n) is 4.50. The lowest BCUT2D eigenvalue weighted by molar-refractivity contribution is -0.150. The number of carbonyl (C=O) groups is 1. The highest BCUT2D eigenvalue weighted by molar-refractivity contribution is 5.78. The van der Waals surface area contributed by atoms with E-state index in [1.165, 1.54) is 0 Å². The Labute approximate surface area is 124 Å². The number of hydrogen-bond acceptors (Lipinski definition) is 4. The van der Waals surface area contributed by atoms with E-state index in [9.17, 15) is 9.90 Å². The number of nitrogens with zero attached hydrogens (tertiary/aromatic N) is 1. The summed E-state index contributed by atoms with van der Waals surface area (Å²) in [5, 5.41) is 13.2. The minimum absolute atomic E-state index is 0.0254. The van der Waals surface area contributed by atoms with Gasteiger partial charge in [0.05, 0.1) is 11.7 Å². The smallest absolute Gasteiger partial charge is 0.246 e. The Balaban J connectivity index is 1.51. The van der Waals surface area contributed by atoms with Crippen LogP contribution in [0.1, 0.15) is 24.5 Å². The quantitative estimate of drug-likeness (QED) is 0.860. The molecular weight excluding hydrogens is 268 g/mol. The molecule has 2 saturated heterocycles. The fraction of sp³-hybridized carbons (Fsp3) is 0.562. The van der Waals surface area contributed by atoms with Gasteiger partial charge in [0.2, 0.25) is 5.91 Å². The SMILES string of the molecule is O=C1COC2(CCN(C[C@H](O)c3ccccc3)CC2)CN1. The zero-order valence-corrected chi connectivity index (χ0v) is 12.1. The molecule has 2 N–H and O–H groups in total.